The lowest BCUT2D eigenvalue weighted by Crippen LogP contribution is -2.35. The van der Waals surface area contributed by atoms with Crippen molar-refractivity contribution in [3.63, 3.8) is 0 Å². The third-order valence-corrected chi connectivity index (χ3v) is 7.31. The minimum absolute atomic E-state index is 0. The van der Waals surface area contributed by atoms with Crippen LogP contribution in [0.15, 0.2) is 29.6 Å². The molecule has 0 bridgehead atoms. The minimum atomic E-state index is -0.751. The van der Waals surface area contributed by atoms with Gasteiger partial charge >= 0.3 is 5.97 Å². The lowest BCUT2D eigenvalue weighted by Gasteiger charge is -2.28. The van der Waals surface area contributed by atoms with Gasteiger partial charge in [-0.3, -0.25) is 4.79 Å². The van der Waals surface area contributed by atoms with Crippen LogP contribution in [-0.4, -0.2) is 35.3 Å². The van der Waals surface area contributed by atoms with E-state index in [-0.39, 0.29) is 18.8 Å². The maximum absolute atomic E-state index is 11.1. The van der Waals surface area contributed by atoms with Crippen LogP contribution < -0.4 is 9.64 Å². The van der Waals surface area contributed by atoms with Gasteiger partial charge in [0.2, 0.25) is 0 Å². The molecule has 0 aliphatic heterocycles. The summed E-state index contributed by atoms with van der Waals surface area (Å²) in [6.07, 6.45) is 11.5. The zero-order chi connectivity index (χ0) is 20.8. The number of nitrogens with zero attached hydrogens (tertiary/aromatic N) is 2. The van der Waals surface area contributed by atoms with Gasteiger partial charge in [0.15, 0.2) is 5.13 Å². The zero-order valence-electron chi connectivity index (χ0n) is 18.0. The molecule has 2 aliphatic carbocycles. The summed E-state index contributed by atoms with van der Waals surface area (Å²) in [5.74, 6) is 0.874. The van der Waals surface area contributed by atoms with E-state index in [9.17, 15) is 4.79 Å². The SMILES string of the molecule is Cl.O=C(O)CCN(c1nc(-c2ccc(OCC3CCCCC3)cc2)cs1)C1CCCC1. The predicted octanol–water partition coefficient (Wildman–Crippen LogP) is 6.41. The fraction of sp³-hybridized carbons (Fsp3) is 0.583. The van der Waals surface area contributed by atoms with Crippen LogP contribution in [0, 0.1) is 5.92 Å². The molecule has 0 amide bonds. The van der Waals surface area contributed by atoms with Crippen LogP contribution in [0.25, 0.3) is 11.3 Å². The van der Waals surface area contributed by atoms with Crippen molar-refractivity contribution >= 4 is 34.8 Å². The average Bonchev–Trinajstić information content (AvgIpc) is 3.47. The van der Waals surface area contributed by atoms with E-state index >= 15 is 0 Å². The molecule has 1 aromatic heterocycles. The molecule has 2 aliphatic rings. The second-order valence-electron chi connectivity index (χ2n) is 8.63. The van der Waals surface area contributed by atoms with E-state index in [0.717, 1.165) is 41.6 Å². The Balaban J connectivity index is 0.00000272. The third kappa shape index (κ3) is 6.59. The Morgan fingerprint density at radius 2 is 1.74 bits per heavy atom. The number of aromatic nitrogens is 1. The Morgan fingerprint density at radius 1 is 1.06 bits per heavy atom. The first-order valence-electron chi connectivity index (χ1n) is 11.4. The number of carbonyl (C=O) groups is 1. The molecule has 2 saturated carbocycles. The largest absolute Gasteiger partial charge is 0.493 e. The van der Waals surface area contributed by atoms with Crippen LogP contribution in [-0.2, 0) is 4.79 Å². The summed E-state index contributed by atoms with van der Waals surface area (Å²) in [6, 6.07) is 8.64. The van der Waals surface area contributed by atoms with Crippen molar-refractivity contribution in [2.75, 3.05) is 18.1 Å². The van der Waals surface area contributed by atoms with Gasteiger partial charge < -0.3 is 14.7 Å². The highest BCUT2D eigenvalue weighted by molar-refractivity contribution is 7.14. The summed E-state index contributed by atoms with van der Waals surface area (Å²) in [6.45, 7) is 1.35. The van der Waals surface area contributed by atoms with Crippen molar-refractivity contribution in [2.45, 2.75) is 70.3 Å². The predicted molar refractivity (Wildman–Crippen MR) is 129 cm³/mol. The molecule has 1 heterocycles. The molecule has 5 nitrogen and oxygen atoms in total. The van der Waals surface area contributed by atoms with Gasteiger partial charge in [-0.2, -0.15) is 0 Å². The van der Waals surface area contributed by atoms with Crippen molar-refractivity contribution in [3.8, 4) is 17.0 Å². The fourth-order valence-electron chi connectivity index (χ4n) is 4.69. The van der Waals surface area contributed by atoms with Crippen LogP contribution in [0.3, 0.4) is 0 Å². The van der Waals surface area contributed by atoms with E-state index in [1.165, 1.54) is 44.9 Å². The second kappa shape index (κ2) is 11.7. The van der Waals surface area contributed by atoms with Gasteiger partial charge in [0.05, 0.1) is 18.7 Å². The molecule has 0 saturated heterocycles. The van der Waals surface area contributed by atoms with Crippen LogP contribution in [0.1, 0.15) is 64.2 Å². The van der Waals surface area contributed by atoms with Crippen molar-refractivity contribution < 1.29 is 14.6 Å². The molecular formula is C24H33ClN2O3S. The number of hydrogen-bond donors (Lipinski definition) is 1. The molecule has 0 unspecified atom stereocenters. The molecule has 0 atom stereocenters. The average molecular weight is 465 g/mol. The summed E-state index contributed by atoms with van der Waals surface area (Å²) < 4.78 is 6.02. The molecule has 31 heavy (non-hydrogen) atoms. The number of halogens is 1. The molecule has 4 rings (SSSR count). The normalized spacial score (nSPS) is 17.3. The summed E-state index contributed by atoms with van der Waals surface area (Å²) >= 11 is 1.61. The number of anilines is 1. The van der Waals surface area contributed by atoms with Crippen molar-refractivity contribution in [2.24, 2.45) is 5.92 Å². The first-order chi connectivity index (χ1) is 14.7. The first kappa shape index (κ1) is 23.9. The number of aliphatic carboxylic acids is 1. The number of carboxylic acids is 1. The Kier molecular flexibility index (Phi) is 9.02. The maximum atomic E-state index is 11.1. The molecular weight excluding hydrogens is 432 g/mol. The molecule has 2 aromatic rings. The Bertz CT molecular complexity index is 814. The van der Waals surface area contributed by atoms with E-state index in [4.69, 9.17) is 14.8 Å². The van der Waals surface area contributed by atoms with Crippen LogP contribution >= 0.6 is 23.7 Å². The highest BCUT2D eigenvalue weighted by Gasteiger charge is 2.25. The number of rotatable bonds is 9. The number of benzene rings is 1. The smallest absolute Gasteiger partial charge is 0.305 e. The second-order valence-corrected chi connectivity index (χ2v) is 9.47. The summed E-state index contributed by atoms with van der Waals surface area (Å²) in [7, 11) is 0. The topological polar surface area (TPSA) is 62.7 Å². The highest BCUT2D eigenvalue weighted by Crippen LogP contribution is 2.34. The summed E-state index contributed by atoms with van der Waals surface area (Å²) in [4.78, 5) is 18.2. The summed E-state index contributed by atoms with van der Waals surface area (Å²) in [5, 5.41) is 12.2. The van der Waals surface area contributed by atoms with Crippen molar-refractivity contribution in [1.82, 2.24) is 4.98 Å². The lowest BCUT2D eigenvalue weighted by molar-refractivity contribution is -0.136. The first-order valence-corrected chi connectivity index (χ1v) is 12.2. The lowest BCUT2D eigenvalue weighted by atomic mass is 9.90. The molecule has 170 valence electrons. The van der Waals surface area contributed by atoms with E-state index < -0.39 is 5.97 Å². The molecule has 7 heteroatoms. The molecule has 2 fully saturated rings. The summed E-state index contributed by atoms with van der Waals surface area (Å²) in [5.41, 5.74) is 2.03. The van der Waals surface area contributed by atoms with Gasteiger partial charge in [-0.05, 0) is 55.9 Å². The van der Waals surface area contributed by atoms with Crippen LogP contribution in [0.4, 0.5) is 5.13 Å². The van der Waals surface area contributed by atoms with Crippen LogP contribution in [0.2, 0.25) is 0 Å². The fourth-order valence-corrected chi connectivity index (χ4v) is 5.62. The van der Waals surface area contributed by atoms with Crippen LogP contribution in [0.5, 0.6) is 5.75 Å². The number of carboxylic acid groups (broad SMARTS) is 1. The third-order valence-electron chi connectivity index (χ3n) is 6.43. The van der Waals surface area contributed by atoms with E-state index in [1.54, 1.807) is 11.3 Å². The Hall–Kier alpha value is -1.79. The standard InChI is InChI=1S/C24H32N2O3S.ClH/c27-23(28)14-15-26(20-8-4-5-9-20)24-25-22(17-30-24)19-10-12-21(13-11-19)29-16-18-6-2-1-3-7-18;/h10-13,17-18,20H,1-9,14-16H2,(H,27,28);1H. The van der Waals surface area contributed by atoms with Gasteiger partial charge in [0.1, 0.15) is 5.75 Å². The number of thiazole rings is 1. The van der Waals surface area contributed by atoms with E-state index in [1.807, 2.05) is 12.1 Å². The zero-order valence-corrected chi connectivity index (χ0v) is 19.6. The van der Waals surface area contributed by atoms with E-state index in [0.29, 0.717) is 18.5 Å². The molecule has 1 aromatic carbocycles. The molecule has 1 N–H and O–H groups in total. The molecule has 0 radical (unpaired) electrons. The van der Waals surface area contributed by atoms with Gasteiger partial charge in [0.25, 0.3) is 0 Å². The monoisotopic (exact) mass is 464 g/mol. The highest BCUT2D eigenvalue weighted by atomic mass is 35.5. The maximum Gasteiger partial charge on any atom is 0.305 e. The van der Waals surface area contributed by atoms with Gasteiger partial charge in [-0.25, -0.2) is 4.98 Å². The quantitative estimate of drug-likeness (QED) is 0.464. The number of hydrogen-bond acceptors (Lipinski definition) is 5. The Labute approximate surface area is 195 Å². The van der Waals surface area contributed by atoms with Crippen molar-refractivity contribution in [3.05, 3.63) is 29.6 Å². The minimum Gasteiger partial charge on any atom is -0.493 e. The Morgan fingerprint density at radius 3 is 2.42 bits per heavy atom. The van der Waals surface area contributed by atoms with E-state index in [2.05, 4.69) is 22.4 Å². The molecule has 0 spiro atoms. The number of ether oxygens (including phenoxy) is 1. The van der Waals surface area contributed by atoms with Crippen molar-refractivity contribution in [1.29, 1.82) is 0 Å². The van der Waals surface area contributed by atoms with Gasteiger partial charge in [-0.15, -0.1) is 23.7 Å². The van der Waals surface area contributed by atoms with Gasteiger partial charge in [-0.1, -0.05) is 32.1 Å². The van der Waals surface area contributed by atoms with Gasteiger partial charge in [0, 0.05) is 23.5 Å².